The molecule has 0 spiro atoms. The summed E-state index contributed by atoms with van der Waals surface area (Å²) >= 11 is 0. The lowest BCUT2D eigenvalue weighted by molar-refractivity contribution is -0.293. The van der Waals surface area contributed by atoms with Crippen LogP contribution in [0, 0.1) is 0 Å². The van der Waals surface area contributed by atoms with Crippen LogP contribution in [0.3, 0.4) is 0 Å². The van der Waals surface area contributed by atoms with E-state index in [1.807, 2.05) is 0 Å². The van der Waals surface area contributed by atoms with Crippen molar-refractivity contribution in [1.29, 1.82) is 0 Å². The standard InChI is InChI=1S/C14H26O10/c1-22-14-13(21)12(20)9(17)6(24-14)3-2-5-8(16)11(19)10(18)7(4-15)23-5/h5-21H,2-4H2,1H3/t5-,6+,7+,8-,9-,10-,11+,12-,13+,14-/m0/s1. The first-order valence-corrected chi connectivity index (χ1v) is 7.84. The number of methoxy groups -OCH3 is 1. The first-order valence-electron chi connectivity index (χ1n) is 7.84. The maximum Gasteiger partial charge on any atom is 0.186 e. The Hall–Kier alpha value is -0.400. The average Bonchev–Trinajstić information content (AvgIpc) is 2.58. The Morgan fingerprint density at radius 1 is 0.667 bits per heavy atom. The Bertz CT molecular complexity index is 356. The van der Waals surface area contributed by atoms with Gasteiger partial charge in [-0.25, -0.2) is 0 Å². The molecule has 10 nitrogen and oxygen atoms in total. The average molecular weight is 354 g/mol. The molecule has 2 heterocycles. The van der Waals surface area contributed by atoms with E-state index in [0.29, 0.717) is 0 Å². The van der Waals surface area contributed by atoms with Crippen LogP contribution in [0.4, 0.5) is 0 Å². The van der Waals surface area contributed by atoms with E-state index in [0.717, 1.165) is 0 Å². The first-order chi connectivity index (χ1) is 11.3. The van der Waals surface area contributed by atoms with Gasteiger partial charge in [-0.1, -0.05) is 0 Å². The molecular formula is C14H26O10. The topological polar surface area (TPSA) is 169 Å². The van der Waals surface area contributed by atoms with Crippen LogP contribution in [0.15, 0.2) is 0 Å². The molecule has 7 N–H and O–H groups in total. The summed E-state index contributed by atoms with van der Waals surface area (Å²) in [5.41, 5.74) is 0. The number of hydrogen-bond donors (Lipinski definition) is 7. The smallest absolute Gasteiger partial charge is 0.186 e. The van der Waals surface area contributed by atoms with Gasteiger partial charge in [0.05, 0.1) is 18.8 Å². The molecule has 0 amide bonds. The van der Waals surface area contributed by atoms with Crippen molar-refractivity contribution in [2.24, 2.45) is 0 Å². The maximum atomic E-state index is 9.99. The number of hydrogen-bond acceptors (Lipinski definition) is 10. The molecule has 0 aromatic rings. The Labute approximate surface area is 138 Å². The Kier molecular flexibility index (Phi) is 6.90. The van der Waals surface area contributed by atoms with E-state index in [9.17, 15) is 30.6 Å². The summed E-state index contributed by atoms with van der Waals surface area (Å²) in [6, 6.07) is 0. The van der Waals surface area contributed by atoms with Crippen molar-refractivity contribution < 1.29 is 50.0 Å². The Morgan fingerprint density at radius 3 is 1.62 bits per heavy atom. The van der Waals surface area contributed by atoms with Gasteiger partial charge in [-0.05, 0) is 12.8 Å². The molecule has 24 heavy (non-hydrogen) atoms. The molecule has 0 aliphatic carbocycles. The molecule has 2 fully saturated rings. The molecule has 0 saturated carbocycles. The summed E-state index contributed by atoms with van der Waals surface area (Å²) < 4.78 is 15.6. The van der Waals surface area contributed by atoms with Crippen LogP contribution in [-0.2, 0) is 14.2 Å². The quantitative estimate of drug-likeness (QED) is 0.259. The molecule has 0 radical (unpaired) electrons. The van der Waals surface area contributed by atoms with Crippen molar-refractivity contribution in [1.82, 2.24) is 0 Å². The second-order valence-electron chi connectivity index (χ2n) is 6.20. The molecule has 0 bridgehead atoms. The molecule has 0 aromatic carbocycles. The molecule has 2 rings (SSSR count). The number of aliphatic hydroxyl groups is 7. The third-order valence-electron chi connectivity index (χ3n) is 4.63. The van der Waals surface area contributed by atoms with E-state index in [2.05, 4.69) is 0 Å². The molecule has 0 unspecified atom stereocenters. The van der Waals surface area contributed by atoms with Gasteiger partial charge >= 0.3 is 0 Å². The summed E-state index contributed by atoms with van der Waals surface area (Å²) in [5.74, 6) is 0. The highest BCUT2D eigenvalue weighted by Crippen LogP contribution is 2.28. The van der Waals surface area contributed by atoms with E-state index >= 15 is 0 Å². The van der Waals surface area contributed by atoms with Gasteiger partial charge in [0.25, 0.3) is 0 Å². The van der Waals surface area contributed by atoms with Gasteiger partial charge in [0.2, 0.25) is 0 Å². The van der Waals surface area contributed by atoms with E-state index in [1.54, 1.807) is 0 Å². The van der Waals surface area contributed by atoms with E-state index < -0.39 is 67.8 Å². The molecule has 142 valence electrons. The van der Waals surface area contributed by atoms with Crippen molar-refractivity contribution in [3.63, 3.8) is 0 Å². The van der Waals surface area contributed by atoms with E-state index in [4.69, 9.17) is 19.3 Å². The van der Waals surface area contributed by atoms with Gasteiger partial charge in [-0.3, -0.25) is 0 Å². The fraction of sp³-hybridized carbons (Fsp3) is 1.00. The van der Waals surface area contributed by atoms with Crippen LogP contribution >= 0.6 is 0 Å². The van der Waals surface area contributed by atoms with Gasteiger partial charge in [-0.15, -0.1) is 0 Å². The predicted molar refractivity (Wildman–Crippen MR) is 76.7 cm³/mol. The monoisotopic (exact) mass is 354 g/mol. The second kappa shape index (κ2) is 8.32. The highest BCUT2D eigenvalue weighted by atomic mass is 16.7. The van der Waals surface area contributed by atoms with Crippen LogP contribution < -0.4 is 0 Å². The van der Waals surface area contributed by atoms with Crippen LogP contribution in [-0.4, -0.2) is 111 Å². The SMILES string of the molecule is CO[C@H]1O[C@H](CC[C@@H]2O[C@H](CO)[C@H](O)[C@H](O)[C@H]2O)[C@H](O)[C@H](O)[C@H]1O. The summed E-state index contributed by atoms with van der Waals surface area (Å²) in [5, 5.41) is 68.1. The Balaban J connectivity index is 1.96. The number of rotatable bonds is 5. The van der Waals surface area contributed by atoms with Crippen LogP contribution in [0.2, 0.25) is 0 Å². The van der Waals surface area contributed by atoms with Gasteiger partial charge in [0.15, 0.2) is 6.29 Å². The fourth-order valence-electron chi connectivity index (χ4n) is 3.10. The fourth-order valence-corrected chi connectivity index (χ4v) is 3.10. The van der Waals surface area contributed by atoms with Crippen molar-refractivity contribution in [2.75, 3.05) is 13.7 Å². The predicted octanol–water partition coefficient (Wildman–Crippen LogP) is -3.94. The van der Waals surface area contributed by atoms with Crippen LogP contribution in [0.25, 0.3) is 0 Å². The zero-order chi connectivity index (χ0) is 18.0. The van der Waals surface area contributed by atoms with Crippen molar-refractivity contribution >= 4 is 0 Å². The third-order valence-corrected chi connectivity index (χ3v) is 4.63. The summed E-state index contributed by atoms with van der Waals surface area (Å²) in [6.45, 7) is -0.527. The third kappa shape index (κ3) is 3.88. The number of aliphatic hydroxyl groups excluding tert-OH is 7. The zero-order valence-electron chi connectivity index (χ0n) is 13.3. The lowest BCUT2D eigenvalue weighted by Crippen LogP contribution is -2.60. The number of ether oxygens (including phenoxy) is 3. The minimum absolute atomic E-state index is 0.114. The molecule has 2 saturated heterocycles. The minimum atomic E-state index is -1.47. The van der Waals surface area contributed by atoms with Gasteiger partial charge in [-0.2, -0.15) is 0 Å². The summed E-state index contributed by atoms with van der Waals surface area (Å²) in [7, 11) is 1.28. The van der Waals surface area contributed by atoms with Crippen molar-refractivity contribution in [3.8, 4) is 0 Å². The molecule has 0 aromatic heterocycles. The second-order valence-corrected chi connectivity index (χ2v) is 6.20. The van der Waals surface area contributed by atoms with Crippen molar-refractivity contribution in [2.45, 2.75) is 74.1 Å². The largest absolute Gasteiger partial charge is 0.394 e. The molecule has 10 heteroatoms. The normalized spacial score (nSPS) is 50.0. The lowest BCUT2D eigenvalue weighted by atomic mass is 9.90. The summed E-state index contributed by atoms with van der Waals surface area (Å²) in [6.07, 6.45) is -12.2. The van der Waals surface area contributed by atoms with Gasteiger partial charge < -0.3 is 50.0 Å². The Morgan fingerprint density at radius 2 is 1.12 bits per heavy atom. The zero-order valence-corrected chi connectivity index (χ0v) is 13.3. The molecule has 10 atom stereocenters. The van der Waals surface area contributed by atoms with Gasteiger partial charge in [0.1, 0.15) is 42.7 Å². The lowest BCUT2D eigenvalue weighted by Gasteiger charge is -2.42. The first kappa shape index (κ1) is 19.9. The van der Waals surface area contributed by atoms with Crippen LogP contribution in [0.5, 0.6) is 0 Å². The van der Waals surface area contributed by atoms with E-state index in [1.165, 1.54) is 7.11 Å². The molecule has 2 aliphatic rings. The van der Waals surface area contributed by atoms with Crippen molar-refractivity contribution in [3.05, 3.63) is 0 Å². The molecular weight excluding hydrogens is 328 g/mol. The van der Waals surface area contributed by atoms with Gasteiger partial charge in [0, 0.05) is 7.11 Å². The van der Waals surface area contributed by atoms with E-state index in [-0.39, 0.29) is 12.8 Å². The highest BCUT2D eigenvalue weighted by Gasteiger charge is 2.46. The maximum absolute atomic E-state index is 9.99. The molecule has 2 aliphatic heterocycles. The summed E-state index contributed by atoms with van der Waals surface area (Å²) in [4.78, 5) is 0. The minimum Gasteiger partial charge on any atom is -0.394 e. The highest BCUT2D eigenvalue weighted by molar-refractivity contribution is 4.94. The van der Waals surface area contributed by atoms with Crippen LogP contribution in [0.1, 0.15) is 12.8 Å².